The maximum Gasteiger partial charge on any atom is 0.319 e. The Labute approximate surface area is 138 Å². The molecule has 130 valence electrons. The zero-order valence-corrected chi connectivity index (χ0v) is 13.7. The third-order valence-electron chi connectivity index (χ3n) is 3.61. The number of benzene rings is 1. The van der Waals surface area contributed by atoms with Crippen LogP contribution in [0.15, 0.2) is 24.3 Å². The lowest BCUT2D eigenvalue weighted by molar-refractivity contribution is -0.153. The molecule has 2 N–H and O–H groups in total. The number of carbonyl (C=O) groups is 2. The monoisotopic (exact) mass is 339 g/mol. The van der Waals surface area contributed by atoms with Crippen molar-refractivity contribution in [3.63, 3.8) is 0 Å². The molecule has 0 heterocycles. The van der Waals surface area contributed by atoms with Gasteiger partial charge in [0.25, 0.3) is 0 Å². The molecular formula is C17H19F2NO4. The van der Waals surface area contributed by atoms with Crippen LogP contribution in [-0.4, -0.2) is 22.6 Å². The Morgan fingerprint density at radius 1 is 1.17 bits per heavy atom. The van der Waals surface area contributed by atoms with E-state index >= 15 is 0 Å². The lowest BCUT2D eigenvalue weighted by Gasteiger charge is -2.24. The van der Waals surface area contributed by atoms with Gasteiger partial charge in [-0.05, 0) is 33.6 Å². The molecule has 0 atom stereocenters. The number of hydrogen-bond acceptors (Lipinski definition) is 3. The molecule has 24 heavy (non-hydrogen) atoms. The zero-order valence-electron chi connectivity index (χ0n) is 13.7. The first kappa shape index (κ1) is 17.9. The molecule has 1 aliphatic rings. The summed E-state index contributed by atoms with van der Waals surface area (Å²) in [6, 6.07) is 1.81. The normalized spacial score (nSPS) is 16.0. The number of nitrogens with one attached hydrogen (secondary N) is 1. The molecule has 0 bridgehead atoms. The summed E-state index contributed by atoms with van der Waals surface area (Å²) in [5.74, 6) is -4.60. The summed E-state index contributed by atoms with van der Waals surface area (Å²) in [5, 5.41) is 11.6. The van der Waals surface area contributed by atoms with Gasteiger partial charge in [0, 0.05) is 17.8 Å². The first-order valence-corrected chi connectivity index (χ1v) is 7.43. The number of anilines is 1. The van der Waals surface area contributed by atoms with Crippen LogP contribution >= 0.6 is 0 Å². The fraction of sp³-hybridized carbons (Fsp3) is 0.412. The Hall–Kier alpha value is -2.44. The van der Waals surface area contributed by atoms with Crippen molar-refractivity contribution in [2.45, 2.75) is 39.2 Å². The van der Waals surface area contributed by atoms with Gasteiger partial charge >= 0.3 is 5.97 Å². The van der Waals surface area contributed by atoms with Gasteiger partial charge in [-0.3, -0.25) is 9.59 Å². The molecule has 0 spiro atoms. The number of allylic oxidation sites excluding steroid dienone is 2. The highest BCUT2D eigenvalue weighted by molar-refractivity contribution is 6.09. The molecule has 0 unspecified atom stereocenters. The molecule has 0 aliphatic heterocycles. The molecule has 2 rings (SSSR count). The topological polar surface area (TPSA) is 75.6 Å². The third kappa shape index (κ3) is 3.55. The minimum absolute atomic E-state index is 0.0321. The number of hydrogen-bond donors (Lipinski definition) is 2. The standard InChI is InChI=1S/C17H19F2NO4/c1-16(2,3)24-13-11(18)8-10(9-12(13)19)20-14(21)17(15(22)23)6-4-5-7-17/h4-5,8-9H,6-7H2,1-3H3,(H,20,21)(H,22,23). The van der Waals surface area contributed by atoms with E-state index in [0.717, 1.165) is 12.1 Å². The fourth-order valence-electron chi connectivity index (χ4n) is 2.40. The van der Waals surface area contributed by atoms with Crippen molar-refractivity contribution < 1.29 is 28.2 Å². The number of halogens is 2. The van der Waals surface area contributed by atoms with Crippen LogP contribution < -0.4 is 10.1 Å². The average Bonchev–Trinajstić information content (AvgIpc) is 2.92. The molecule has 0 saturated carbocycles. The molecule has 1 aromatic carbocycles. The summed E-state index contributed by atoms with van der Waals surface area (Å²) < 4.78 is 33.4. The van der Waals surface area contributed by atoms with Gasteiger partial charge < -0.3 is 15.2 Å². The van der Waals surface area contributed by atoms with E-state index < -0.39 is 40.3 Å². The number of amides is 1. The minimum Gasteiger partial charge on any atom is -0.482 e. The lowest BCUT2D eigenvalue weighted by atomic mass is 9.84. The highest BCUT2D eigenvalue weighted by Gasteiger charge is 2.46. The summed E-state index contributed by atoms with van der Waals surface area (Å²) in [5.41, 5.74) is -2.60. The van der Waals surface area contributed by atoms with Gasteiger partial charge in [0.2, 0.25) is 5.91 Å². The number of ether oxygens (including phenoxy) is 1. The minimum atomic E-state index is -1.65. The summed E-state index contributed by atoms with van der Waals surface area (Å²) in [6.45, 7) is 4.93. The number of carboxylic acid groups (broad SMARTS) is 1. The van der Waals surface area contributed by atoms with Crippen molar-refractivity contribution in [3.8, 4) is 5.75 Å². The van der Waals surface area contributed by atoms with Gasteiger partial charge in [-0.25, -0.2) is 8.78 Å². The average molecular weight is 339 g/mol. The number of carbonyl (C=O) groups excluding carboxylic acids is 1. The van der Waals surface area contributed by atoms with Crippen molar-refractivity contribution in [1.82, 2.24) is 0 Å². The van der Waals surface area contributed by atoms with E-state index in [1.54, 1.807) is 32.9 Å². The summed E-state index contributed by atoms with van der Waals surface area (Å²) >= 11 is 0. The maximum atomic E-state index is 14.1. The summed E-state index contributed by atoms with van der Waals surface area (Å²) in [4.78, 5) is 23.7. The third-order valence-corrected chi connectivity index (χ3v) is 3.61. The second-order valence-electron chi connectivity index (χ2n) is 6.70. The van der Waals surface area contributed by atoms with E-state index in [1.807, 2.05) is 0 Å². The Morgan fingerprint density at radius 3 is 2.08 bits per heavy atom. The molecule has 7 heteroatoms. The van der Waals surface area contributed by atoms with Crippen molar-refractivity contribution >= 4 is 17.6 Å². The van der Waals surface area contributed by atoms with Gasteiger partial charge in [-0.15, -0.1) is 0 Å². The van der Waals surface area contributed by atoms with Crippen LogP contribution in [0.2, 0.25) is 0 Å². The Kier molecular flexibility index (Phi) is 4.64. The van der Waals surface area contributed by atoms with Crippen LogP contribution in [0.25, 0.3) is 0 Å². The van der Waals surface area contributed by atoms with E-state index in [4.69, 9.17) is 4.74 Å². The first-order chi connectivity index (χ1) is 11.0. The van der Waals surface area contributed by atoms with Gasteiger partial charge in [0.1, 0.15) is 5.60 Å². The Bertz CT molecular complexity index is 676. The highest BCUT2D eigenvalue weighted by atomic mass is 19.1. The zero-order chi connectivity index (χ0) is 18.1. The SMILES string of the molecule is CC(C)(C)Oc1c(F)cc(NC(=O)C2(C(=O)O)CC=CC2)cc1F. The van der Waals surface area contributed by atoms with Crippen LogP contribution in [0.3, 0.4) is 0 Å². The maximum absolute atomic E-state index is 14.1. The molecule has 5 nitrogen and oxygen atoms in total. The van der Waals surface area contributed by atoms with Crippen LogP contribution in [0, 0.1) is 17.0 Å². The highest BCUT2D eigenvalue weighted by Crippen LogP contribution is 2.36. The van der Waals surface area contributed by atoms with Crippen molar-refractivity contribution in [2.75, 3.05) is 5.32 Å². The van der Waals surface area contributed by atoms with Gasteiger partial charge in [0.05, 0.1) is 0 Å². The predicted octanol–water partition coefficient (Wildman–Crippen LogP) is 3.50. The number of carboxylic acids is 1. The van der Waals surface area contributed by atoms with Crippen molar-refractivity contribution in [3.05, 3.63) is 35.9 Å². The Balaban J connectivity index is 2.25. The van der Waals surface area contributed by atoms with Crippen LogP contribution in [0.4, 0.5) is 14.5 Å². The molecular weight excluding hydrogens is 320 g/mol. The molecule has 0 saturated heterocycles. The molecule has 0 fully saturated rings. The predicted molar refractivity (Wildman–Crippen MR) is 83.8 cm³/mol. The van der Waals surface area contributed by atoms with Crippen molar-refractivity contribution in [1.29, 1.82) is 0 Å². The number of aliphatic carboxylic acids is 1. The fourth-order valence-corrected chi connectivity index (χ4v) is 2.40. The van der Waals surface area contributed by atoms with Crippen molar-refractivity contribution in [2.24, 2.45) is 5.41 Å². The first-order valence-electron chi connectivity index (χ1n) is 7.43. The van der Waals surface area contributed by atoms with E-state index in [1.165, 1.54) is 0 Å². The lowest BCUT2D eigenvalue weighted by Crippen LogP contribution is -2.41. The Morgan fingerprint density at radius 2 is 1.67 bits per heavy atom. The van der Waals surface area contributed by atoms with Gasteiger partial charge in [0.15, 0.2) is 22.8 Å². The van der Waals surface area contributed by atoms with E-state index in [0.29, 0.717) is 0 Å². The molecule has 0 radical (unpaired) electrons. The quantitative estimate of drug-likeness (QED) is 0.650. The van der Waals surface area contributed by atoms with Gasteiger partial charge in [-0.2, -0.15) is 0 Å². The molecule has 1 aromatic rings. The molecule has 1 aliphatic carbocycles. The van der Waals surface area contributed by atoms with E-state index in [9.17, 15) is 23.5 Å². The van der Waals surface area contributed by atoms with Crippen LogP contribution in [-0.2, 0) is 9.59 Å². The van der Waals surface area contributed by atoms with E-state index in [-0.39, 0.29) is 18.5 Å². The smallest absolute Gasteiger partial charge is 0.319 e. The molecule has 0 aromatic heterocycles. The van der Waals surface area contributed by atoms with E-state index in [2.05, 4.69) is 5.32 Å². The van der Waals surface area contributed by atoms with Crippen LogP contribution in [0.5, 0.6) is 5.75 Å². The largest absolute Gasteiger partial charge is 0.482 e. The molecule has 1 amide bonds. The van der Waals surface area contributed by atoms with Gasteiger partial charge in [-0.1, -0.05) is 12.2 Å². The number of rotatable bonds is 4. The second-order valence-corrected chi connectivity index (χ2v) is 6.70. The summed E-state index contributed by atoms with van der Waals surface area (Å²) in [7, 11) is 0. The second kappa shape index (κ2) is 6.22. The summed E-state index contributed by atoms with van der Waals surface area (Å²) in [6.07, 6.45) is 3.25. The van der Waals surface area contributed by atoms with Crippen LogP contribution in [0.1, 0.15) is 33.6 Å².